The number of halogens is 1. The third-order valence-electron chi connectivity index (χ3n) is 2.90. The first-order valence-electron chi connectivity index (χ1n) is 5.93. The van der Waals surface area contributed by atoms with E-state index in [-0.39, 0.29) is 5.12 Å². The van der Waals surface area contributed by atoms with Crippen LogP contribution >= 0.6 is 30.1 Å². The van der Waals surface area contributed by atoms with Gasteiger partial charge in [0.25, 0.3) is 0 Å². The molecule has 2 N–H and O–H groups in total. The Kier molecular flexibility index (Phi) is 5.42. The molecule has 0 saturated heterocycles. The Morgan fingerprint density at radius 2 is 1.63 bits per heavy atom. The third-order valence-corrected chi connectivity index (χ3v) is 4.65. The van der Waals surface area contributed by atoms with Crippen LogP contribution in [0.3, 0.4) is 0 Å². The highest BCUT2D eigenvalue weighted by molar-refractivity contribution is 14.2. The molecule has 0 spiro atoms. The van der Waals surface area contributed by atoms with E-state index in [1.165, 1.54) is 11.1 Å². The Bertz CT molecular complexity index is 542. The zero-order valence-electron chi connectivity index (χ0n) is 10.3. The number of carbonyl (C=O) groups is 1. The first kappa shape index (κ1) is 14.6. The molecule has 0 aromatic heterocycles. The summed E-state index contributed by atoms with van der Waals surface area (Å²) in [7, 11) is 1.16. The van der Waals surface area contributed by atoms with E-state index in [9.17, 15) is 4.79 Å². The summed E-state index contributed by atoms with van der Waals surface area (Å²) in [5, 5.41) is 0.0211. The molecule has 2 aromatic rings. The van der Waals surface area contributed by atoms with Crippen molar-refractivity contribution in [3.05, 3.63) is 60.2 Å². The van der Waals surface area contributed by atoms with Crippen molar-refractivity contribution in [2.75, 3.05) is 0 Å². The number of hydrogen-bond donors (Lipinski definition) is 1. The van der Waals surface area contributed by atoms with E-state index < -0.39 is 6.04 Å². The van der Waals surface area contributed by atoms with E-state index in [1.807, 2.05) is 51.5 Å². The summed E-state index contributed by atoms with van der Waals surface area (Å²) in [5.74, 6) is 0. The molecule has 2 aromatic carbocycles. The highest BCUT2D eigenvalue weighted by atomic mass is 127. The molecule has 0 fully saturated rings. The molecule has 4 heteroatoms. The molecule has 19 heavy (non-hydrogen) atoms. The fourth-order valence-corrected chi connectivity index (χ4v) is 3.04. The monoisotopic (exact) mass is 383 g/mol. The highest BCUT2D eigenvalue weighted by Gasteiger charge is 2.13. The van der Waals surface area contributed by atoms with Gasteiger partial charge in [0, 0.05) is 21.2 Å². The molecular weight excluding hydrogens is 369 g/mol. The summed E-state index contributed by atoms with van der Waals surface area (Å²) in [6.45, 7) is 0. The van der Waals surface area contributed by atoms with E-state index >= 15 is 0 Å². The second-order valence-electron chi connectivity index (χ2n) is 4.27. The Hall–Kier alpha value is -0.850. The van der Waals surface area contributed by atoms with Gasteiger partial charge in [-0.2, -0.15) is 0 Å². The Morgan fingerprint density at radius 3 is 2.21 bits per heavy atom. The molecule has 1 atom stereocenters. The molecule has 0 amide bonds. The maximum absolute atomic E-state index is 11.4. The molecule has 98 valence electrons. The molecular formula is C15H14INOS. The highest BCUT2D eigenvalue weighted by Crippen LogP contribution is 2.20. The molecule has 2 rings (SSSR count). The van der Waals surface area contributed by atoms with Gasteiger partial charge in [-0.1, -0.05) is 54.6 Å². The van der Waals surface area contributed by atoms with Crippen molar-refractivity contribution in [1.29, 1.82) is 0 Å². The van der Waals surface area contributed by atoms with Gasteiger partial charge in [0.2, 0.25) is 5.12 Å². The van der Waals surface area contributed by atoms with E-state index in [0.717, 1.165) is 14.5 Å². The van der Waals surface area contributed by atoms with Crippen LogP contribution in [0.4, 0.5) is 0 Å². The van der Waals surface area contributed by atoms with E-state index in [1.54, 1.807) is 0 Å². The number of rotatable bonds is 4. The number of benzene rings is 2. The molecule has 0 aliphatic heterocycles. The Labute approximate surface area is 129 Å². The van der Waals surface area contributed by atoms with Crippen LogP contribution in [0.5, 0.6) is 0 Å². The fraction of sp³-hybridized carbons (Fsp3) is 0.133. The average molecular weight is 383 g/mol. The maximum atomic E-state index is 11.4. The van der Waals surface area contributed by atoms with Gasteiger partial charge in [-0.15, -0.1) is 0 Å². The van der Waals surface area contributed by atoms with Crippen molar-refractivity contribution < 1.29 is 4.79 Å². The first-order chi connectivity index (χ1) is 9.20. The molecule has 0 unspecified atom stereocenters. The average Bonchev–Trinajstić information content (AvgIpc) is 2.48. The minimum absolute atomic E-state index is 0.0211. The third kappa shape index (κ3) is 4.06. The van der Waals surface area contributed by atoms with Crippen molar-refractivity contribution in [3.63, 3.8) is 0 Å². The van der Waals surface area contributed by atoms with Gasteiger partial charge in [-0.3, -0.25) is 4.79 Å². The van der Waals surface area contributed by atoms with Crippen LogP contribution in [-0.4, -0.2) is 11.2 Å². The van der Waals surface area contributed by atoms with Gasteiger partial charge < -0.3 is 5.73 Å². The van der Waals surface area contributed by atoms with Gasteiger partial charge in [-0.05, 0) is 32.0 Å². The van der Waals surface area contributed by atoms with Crippen LogP contribution < -0.4 is 5.73 Å². The van der Waals surface area contributed by atoms with Crippen LogP contribution in [0.25, 0.3) is 11.1 Å². The van der Waals surface area contributed by atoms with E-state index in [4.69, 9.17) is 5.73 Å². The van der Waals surface area contributed by atoms with E-state index in [2.05, 4.69) is 24.3 Å². The summed E-state index contributed by atoms with van der Waals surface area (Å²) in [6, 6.07) is 18.0. The quantitative estimate of drug-likeness (QED) is 0.817. The van der Waals surface area contributed by atoms with Crippen molar-refractivity contribution in [2.24, 2.45) is 5.73 Å². The normalized spacial score (nSPS) is 12.1. The summed E-state index contributed by atoms with van der Waals surface area (Å²) >= 11 is 1.97. The maximum Gasteiger partial charge on any atom is 0.216 e. The van der Waals surface area contributed by atoms with Gasteiger partial charge in [0.05, 0.1) is 6.04 Å². The summed E-state index contributed by atoms with van der Waals surface area (Å²) in [5.41, 5.74) is 9.29. The topological polar surface area (TPSA) is 43.1 Å². The lowest BCUT2D eigenvalue weighted by molar-refractivity contribution is -0.111. The van der Waals surface area contributed by atoms with Crippen LogP contribution in [-0.2, 0) is 11.2 Å². The largest absolute Gasteiger partial charge is 0.320 e. The molecule has 0 saturated carbocycles. The number of carbonyl (C=O) groups excluding carboxylic acids is 1. The van der Waals surface area contributed by atoms with Gasteiger partial charge in [-0.25, -0.2) is 0 Å². The molecule has 2 nitrogen and oxygen atoms in total. The molecule has 0 aliphatic carbocycles. The minimum Gasteiger partial charge on any atom is -0.320 e. The molecule has 0 bridgehead atoms. The van der Waals surface area contributed by atoms with Crippen molar-refractivity contribution >= 4 is 35.3 Å². The second kappa shape index (κ2) is 7.07. The minimum atomic E-state index is -0.426. The van der Waals surface area contributed by atoms with Crippen LogP contribution in [0.1, 0.15) is 5.56 Å². The predicted molar refractivity (Wildman–Crippen MR) is 90.2 cm³/mol. The zero-order valence-corrected chi connectivity index (χ0v) is 13.2. The van der Waals surface area contributed by atoms with Crippen LogP contribution in [0.15, 0.2) is 54.6 Å². The van der Waals surface area contributed by atoms with Crippen LogP contribution in [0.2, 0.25) is 0 Å². The smallest absolute Gasteiger partial charge is 0.216 e. The standard InChI is InChI=1S/C15H14INOS/c16-19-15(18)14(17)10-11-6-8-13(9-7-11)12-4-2-1-3-5-12/h1-9,14H,10,17H2/t14-/m0/s1. The zero-order chi connectivity index (χ0) is 13.7. The second-order valence-corrected chi connectivity index (χ2v) is 6.15. The van der Waals surface area contributed by atoms with E-state index in [0.29, 0.717) is 6.42 Å². The lowest BCUT2D eigenvalue weighted by atomic mass is 10.0. The van der Waals surface area contributed by atoms with Crippen molar-refractivity contribution in [2.45, 2.75) is 12.5 Å². The molecule has 0 heterocycles. The van der Waals surface area contributed by atoms with Crippen molar-refractivity contribution in [3.8, 4) is 11.1 Å². The summed E-state index contributed by atoms with van der Waals surface area (Å²) in [4.78, 5) is 11.4. The fourth-order valence-electron chi connectivity index (χ4n) is 1.86. The molecule has 0 aliphatic rings. The Balaban J connectivity index is 2.09. The van der Waals surface area contributed by atoms with Crippen LogP contribution in [0, 0.1) is 0 Å². The van der Waals surface area contributed by atoms with Gasteiger partial charge >= 0.3 is 0 Å². The molecule has 0 radical (unpaired) electrons. The summed E-state index contributed by atoms with van der Waals surface area (Å²) < 4.78 is 0. The Morgan fingerprint density at radius 1 is 1.05 bits per heavy atom. The lowest BCUT2D eigenvalue weighted by Gasteiger charge is -2.09. The SMILES string of the molecule is N[C@@H](Cc1ccc(-c2ccccc2)cc1)C(=O)SI. The van der Waals surface area contributed by atoms with Gasteiger partial charge in [0.1, 0.15) is 0 Å². The van der Waals surface area contributed by atoms with Crippen molar-refractivity contribution in [1.82, 2.24) is 0 Å². The van der Waals surface area contributed by atoms with Gasteiger partial charge in [0.15, 0.2) is 0 Å². The first-order valence-corrected chi connectivity index (χ1v) is 9.29. The lowest BCUT2D eigenvalue weighted by Crippen LogP contribution is -2.29. The number of nitrogens with two attached hydrogens (primary N) is 1. The predicted octanol–water partition coefficient (Wildman–Crippen LogP) is 3.83. The number of hydrogen-bond acceptors (Lipinski definition) is 3. The summed E-state index contributed by atoms with van der Waals surface area (Å²) in [6.07, 6.45) is 0.587.